The highest BCUT2D eigenvalue weighted by atomic mass is 32.2. The molecule has 1 fully saturated rings. The smallest absolute Gasteiger partial charge is 0.301 e. The lowest BCUT2D eigenvalue weighted by Crippen LogP contribution is -2.29. The summed E-state index contributed by atoms with van der Waals surface area (Å²) in [5.74, 6) is -0.440. The molecule has 0 saturated carbocycles. The van der Waals surface area contributed by atoms with Crippen molar-refractivity contribution < 1.29 is 19.4 Å². The highest BCUT2D eigenvalue weighted by Crippen LogP contribution is 2.44. The number of aromatic nitrogens is 3. The zero-order chi connectivity index (χ0) is 28.1. The highest BCUT2D eigenvalue weighted by molar-refractivity contribution is 8.00. The number of ketones is 1. The zero-order valence-electron chi connectivity index (χ0n) is 22.1. The first-order valence-electron chi connectivity index (χ1n) is 12.9. The van der Waals surface area contributed by atoms with Crippen molar-refractivity contribution in [1.29, 1.82) is 0 Å². The minimum Gasteiger partial charge on any atom is -0.507 e. The maximum absolute atomic E-state index is 13.4. The minimum atomic E-state index is -0.888. The van der Waals surface area contributed by atoms with Gasteiger partial charge in [0.1, 0.15) is 11.5 Å². The fourth-order valence-corrected chi connectivity index (χ4v) is 6.10. The second-order valence-electron chi connectivity index (χ2n) is 9.30. The lowest BCUT2D eigenvalue weighted by Gasteiger charge is -2.22. The molecule has 1 saturated heterocycles. The predicted octanol–water partition coefficient (Wildman–Crippen LogP) is 6.34. The van der Waals surface area contributed by atoms with Gasteiger partial charge >= 0.3 is 5.91 Å². The van der Waals surface area contributed by atoms with Gasteiger partial charge in [-0.1, -0.05) is 78.4 Å². The van der Waals surface area contributed by atoms with E-state index in [9.17, 15) is 14.7 Å². The number of hydrogen-bond donors (Lipinski definition) is 1. The molecule has 10 heteroatoms. The van der Waals surface area contributed by atoms with E-state index in [1.54, 1.807) is 36.4 Å². The highest BCUT2D eigenvalue weighted by Gasteiger charge is 2.48. The molecule has 40 heavy (non-hydrogen) atoms. The molecule has 2 aromatic carbocycles. The Hall–Kier alpha value is -4.02. The Morgan fingerprint density at radius 2 is 1.75 bits per heavy atom. The summed E-state index contributed by atoms with van der Waals surface area (Å²) >= 11 is 2.75. The van der Waals surface area contributed by atoms with Gasteiger partial charge in [-0.2, -0.15) is 0 Å². The molecule has 2 aromatic heterocycles. The average Bonchev–Trinajstić information content (AvgIpc) is 3.55. The van der Waals surface area contributed by atoms with Crippen LogP contribution in [0, 0.1) is 6.92 Å². The van der Waals surface area contributed by atoms with Crippen molar-refractivity contribution in [2.45, 2.75) is 42.8 Å². The van der Waals surface area contributed by atoms with E-state index in [-0.39, 0.29) is 16.5 Å². The van der Waals surface area contributed by atoms with Gasteiger partial charge in [-0.25, -0.2) is 0 Å². The van der Waals surface area contributed by atoms with Crippen LogP contribution in [-0.4, -0.2) is 38.6 Å². The Labute approximate surface area is 240 Å². The Morgan fingerprint density at radius 3 is 2.45 bits per heavy atom. The Kier molecular flexibility index (Phi) is 8.57. The van der Waals surface area contributed by atoms with Gasteiger partial charge < -0.3 is 9.84 Å². The molecule has 4 aromatic rings. The number of aryl methyl sites for hydroxylation is 1. The number of hydrogen-bond acceptors (Lipinski definition) is 9. The number of amides is 1. The van der Waals surface area contributed by atoms with Crippen LogP contribution in [-0.2, 0) is 15.3 Å². The third kappa shape index (κ3) is 5.93. The van der Waals surface area contributed by atoms with Crippen LogP contribution in [0.15, 0.2) is 83.0 Å². The van der Waals surface area contributed by atoms with Gasteiger partial charge in [0.05, 0.1) is 18.2 Å². The van der Waals surface area contributed by atoms with Crippen LogP contribution in [0.3, 0.4) is 0 Å². The molecule has 0 bridgehead atoms. The molecule has 1 atom stereocenters. The number of aliphatic hydroxyl groups is 1. The molecular weight excluding hydrogens is 544 g/mol. The normalized spacial score (nSPS) is 16.4. The zero-order valence-corrected chi connectivity index (χ0v) is 23.7. The van der Waals surface area contributed by atoms with Crippen molar-refractivity contribution in [3.05, 3.63) is 101 Å². The first-order valence-corrected chi connectivity index (χ1v) is 14.7. The summed E-state index contributed by atoms with van der Waals surface area (Å²) in [7, 11) is 0. The monoisotopic (exact) mass is 572 g/mol. The Bertz CT molecular complexity index is 1520. The van der Waals surface area contributed by atoms with Crippen LogP contribution in [0.2, 0.25) is 0 Å². The van der Waals surface area contributed by atoms with Crippen molar-refractivity contribution in [3.63, 3.8) is 0 Å². The van der Waals surface area contributed by atoms with Crippen LogP contribution in [0.5, 0.6) is 5.75 Å². The number of carbonyl (C=O) groups excluding carboxylic acids is 2. The van der Waals surface area contributed by atoms with Crippen molar-refractivity contribution in [2.24, 2.45) is 0 Å². The molecule has 0 radical (unpaired) electrons. The number of Topliss-reactive ketones (excluding diaryl/α,β-unsaturated/α-hetero) is 1. The Balaban J connectivity index is 1.49. The molecule has 1 amide bonds. The van der Waals surface area contributed by atoms with Crippen LogP contribution < -0.4 is 9.64 Å². The third-order valence-electron chi connectivity index (χ3n) is 6.45. The molecule has 5 rings (SSSR count). The van der Waals surface area contributed by atoms with E-state index < -0.39 is 17.7 Å². The number of thioether (sulfide) groups is 1. The number of nitrogens with zero attached hydrogens (tertiary/aromatic N) is 4. The quantitative estimate of drug-likeness (QED) is 0.0586. The number of rotatable bonds is 10. The maximum Gasteiger partial charge on any atom is 0.301 e. The number of carbonyl (C=O) groups is 2. The fraction of sp³-hybridized carbons (Fsp3) is 0.233. The van der Waals surface area contributed by atoms with E-state index in [2.05, 4.69) is 46.4 Å². The summed E-state index contributed by atoms with van der Waals surface area (Å²) in [5.41, 5.74) is 3.35. The standard InChI is InChI=1S/C30H28N4O4S2/c1-3-4-17-38-23-11-9-21(10-12-23)25-24(26(35)22-13-15-31-16-14-22)27(36)28(37)34(25)29-32-33-30(40-29)39-18-20-7-5-19(2)6-8-20/h5-16,25,35H,3-4,17-18H2,1-2H3/b26-24+. The summed E-state index contributed by atoms with van der Waals surface area (Å²) in [6.07, 6.45) is 5.00. The van der Waals surface area contributed by atoms with E-state index in [0.29, 0.717) is 33.6 Å². The van der Waals surface area contributed by atoms with Gasteiger partial charge in [0.25, 0.3) is 5.78 Å². The first-order chi connectivity index (χ1) is 19.5. The first kappa shape index (κ1) is 27.5. The molecule has 204 valence electrons. The SMILES string of the molecule is CCCCOc1ccc(C2/C(=C(\O)c3ccncc3)C(=O)C(=O)N2c2nnc(SCc3ccc(C)cc3)s2)cc1. The van der Waals surface area contributed by atoms with E-state index in [1.807, 2.05) is 6.92 Å². The number of pyridine rings is 1. The molecule has 1 aliphatic heterocycles. The van der Waals surface area contributed by atoms with Gasteiger partial charge in [0, 0.05) is 23.7 Å². The average molecular weight is 573 g/mol. The summed E-state index contributed by atoms with van der Waals surface area (Å²) < 4.78 is 6.47. The topological polar surface area (TPSA) is 106 Å². The van der Waals surface area contributed by atoms with Crippen molar-refractivity contribution in [1.82, 2.24) is 15.2 Å². The van der Waals surface area contributed by atoms with Gasteiger partial charge in [-0.15, -0.1) is 10.2 Å². The van der Waals surface area contributed by atoms with Crippen molar-refractivity contribution in [3.8, 4) is 5.75 Å². The summed E-state index contributed by atoms with van der Waals surface area (Å²) in [5, 5.41) is 20.1. The lowest BCUT2D eigenvalue weighted by molar-refractivity contribution is -0.132. The Morgan fingerprint density at radius 1 is 1.02 bits per heavy atom. The molecule has 1 N–H and O–H groups in total. The van der Waals surface area contributed by atoms with Crippen LogP contribution in [0.25, 0.3) is 5.76 Å². The van der Waals surface area contributed by atoms with E-state index in [1.165, 1.54) is 46.0 Å². The number of ether oxygens (including phenoxy) is 1. The molecule has 1 unspecified atom stereocenters. The van der Waals surface area contributed by atoms with Crippen molar-refractivity contribution >= 4 is 45.7 Å². The molecule has 8 nitrogen and oxygen atoms in total. The van der Waals surface area contributed by atoms with E-state index >= 15 is 0 Å². The lowest BCUT2D eigenvalue weighted by atomic mass is 9.95. The molecular formula is C30H28N4O4S2. The van der Waals surface area contributed by atoms with Gasteiger partial charge in [-0.05, 0) is 48.7 Å². The fourth-order valence-electron chi connectivity index (χ4n) is 4.28. The summed E-state index contributed by atoms with van der Waals surface area (Å²) in [4.78, 5) is 32.1. The second kappa shape index (κ2) is 12.4. The van der Waals surface area contributed by atoms with Crippen molar-refractivity contribution in [2.75, 3.05) is 11.5 Å². The molecule has 0 spiro atoms. The third-order valence-corrected chi connectivity index (χ3v) is 8.57. The summed E-state index contributed by atoms with van der Waals surface area (Å²) in [6.45, 7) is 4.74. The van der Waals surface area contributed by atoms with Gasteiger partial charge in [0.15, 0.2) is 4.34 Å². The number of benzene rings is 2. The molecule has 0 aliphatic carbocycles. The van der Waals surface area contributed by atoms with E-state index in [0.717, 1.165) is 18.4 Å². The van der Waals surface area contributed by atoms with E-state index in [4.69, 9.17) is 4.74 Å². The predicted molar refractivity (Wildman–Crippen MR) is 157 cm³/mol. The largest absolute Gasteiger partial charge is 0.507 e. The number of unbranched alkanes of at least 4 members (excludes halogenated alkanes) is 1. The minimum absolute atomic E-state index is 0.0140. The number of aliphatic hydroxyl groups excluding tert-OH is 1. The van der Waals surface area contributed by atoms with Gasteiger partial charge in [0.2, 0.25) is 5.13 Å². The molecule has 3 heterocycles. The maximum atomic E-state index is 13.4. The van der Waals surface area contributed by atoms with Gasteiger partial charge in [-0.3, -0.25) is 19.5 Å². The molecule has 1 aliphatic rings. The summed E-state index contributed by atoms with van der Waals surface area (Å²) in [6, 6.07) is 17.8. The number of anilines is 1. The van der Waals surface area contributed by atoms with Crippen LogP contribution in [0.4, 0.5) is 5.13 Å². The second-order valence-corrected chi connectivity index (χ2v) is 11.5. The van der Waals surface area contributed by atoms with Crippen LogP contribution >= 0.6 is 23.1 Å². The van der Waals surface area contributed by atoms with Crippen LogP contribution in [0.1, 0.15) is 48.1 Å².